The first-order valence-electron chi connectivity index (χ1n) is 10.2. The highest BCUT2D eigenvalue weighted by Gasteiger charge is 2.56. The van der Waals surface area contributed by atoms with Gasteiger partial charge in [0.1, 0.15) is 5.60 Å². The van der Waals surface area contributed by atoms with E-state index < -0.39 is 0 Å². The summed E-state index contributed by atoms with van der Waals surface area (Å²) in [4.78, 5) is 15.4. The molecule has 3 aliphatic rings. The van der Waals surface area contributed by atoms with Gasteiger partial charge in [-0.1, -0.05) is 42.7 Å². The van der Waals surface area contributed by atoms with Crippen LogP contribution in [0.25, 0.3) is 0 Å². The number of ether oxygens (including phenoxy) is 1. The Morgan fingerprint density at radius 2 is 1.62 bits per heavy atom. The van der Waals surface area contributed by atoms with Crippen LogP contribution in [0.15, 0.2) is 24.3 Å². The molecule has 0 aromatic heterocycles. The molecule has 4 heteroatoms. The molecule has 0 amide bonds. The maximum Gasteiger partial charge on any atom is 0.311 e. The van der Waals surface area contributed by atoms with Gasteiger partial charge in [0.25, 0.3) is 0 Å². The van der Waals surface area contributed by atoms with E-state index in [0.29, 0.717) is 0 Å². The van der Waals surface area contributed by atoms with E-state index in [9.17, 15) is 4.79 Å². The second-order valence-corrected chi connectivity index (χ2v) is 8.40. The van der Waals surface area contributed by atoms with Gasteiger partial charge in [-0.05, 0) is 64.1 Å². The fourth-order valence-electron chi connectivity index (χ4n) is 5.32. The lowest BCUT2D eigenvalue weighted by Gasteiger charge is -2.39. The number of carbonyl (C=O) groups is 1. The number of rotatable bonds is 3. The molecule has 2 atom stereocenters. The molecule has 3 nitrogen and oxygen atoms in total. The van der Waals surface area contributed by atoms with E-state index in [1.165, 1.54) is 49.7 Å². The fraction of sp³-hybridized carbons (Fsp3) is 0.682. The topological polar surface area (TPSA) is 29.5 Å². The summed E-state index contributed by atoms with van der Waals surface area (Å²) in [6.07, 6.45) is 9.58. The van der Waals surface area contributed by atoms with Gasteiger partial charge in [0.15, 0.2) is 0 Å². The second kappa shape index (κ2) is 8.31. The van der Waals surface area contributed by atoms with E-state index in [1.807, 2.05) is 0 Å². The molecule has 0 N–H and O–H groups in total. The standard InChI is InChI=1S/C22H31NO2.ClH/c1-17-8-10-18(11-9-17)20-19(16-23-14-6-3-7-15-23)21(24)25-22(20)12-4-2-5-13-22;/h8-11,19-20H,2-7,12-16H2,1H3;1H. The number of likely N-dealkylation sites (tertiary alicyclic amines) is 1. The van der Waals surface area contributed by atoms with Crippen molar-refractivity contribution in [1.29, 1.82) is 0 Å². The van der Waals surface area contributed by atoms with Gasteiger partial charge in [-0.15, -0.1) is 12.4 Å². The number of halogens is 1. The van der Waals surface area contributed by atoms with Crippen molar-refractivity contribution < 1.29 is 9.53 Å². The maximum atomic E-state index is 12.9. The van der Waals surface area contributed by atoms with Crippen molar-refractivity contribution in [3.63, 3.8) is 0 Å². The minimum Gasteiger partial charge on any atom is -0.458 e. The first kappa shape index (κ1) is 19.7. The van der Waals surface area contributed by atoms with Crippen LogP contribution in [0.4, 0.5) is 0 Å². The van der Waals surface area contributed by atoms with E-state index in [0.717, 1.165) is 32.5 Å². The fourth-order valence-corrected chi connectivity index (χ4v) is 5.32. The van der Waals surface area contributed by atoms with Gasteiger partial charge in [-0.2, -0.15) is 0 Å². The zero-order valence-electron chi connectivity index (χ0n) is 15.9. The molecule has 144 valence electrons. The first-order chi connectivity index (χ1) is 12.2. The molecule has 26 heavy (non-hydrogen) atoms. The van der Waals surface area contributed by atoms with Crippen LogP contribution in [0, 0.1) is 12.8 Å². The number of piperidine rings is 1. The van der Waals surface area contributed by atoms with Gasteiger partial charge >= 0.3 is 5.97 Å². The molecule has 1 aromatic carbocycles. The van der Waals surface area contributed by atoms with Gasteiger partial charge in [0, 0.05) is 12.5 Å². The van der Waals surface area contributed by atoms with Crippen molar-refractivity contribution in [3.05, 3.63) is 35.4 Å². The lowest BCUT2D eigenvalue weighted by molar-refractivity contribution is -0.153. The SMILES string of the molecule is Cc1ccc(C2C(CN3CCCCC3)C(=O)OC23CCCCC3)cc1.Cl. The third kappa shape index (κ3) is 3.80. The monoisotopic (exact) mass is 377 g/mol. The summed E-state index contributed by atoms with van der Waals surface area (Å²) < 4.78 is 6.18. The number of carbonyl (C=O) groups excluding carboxylic acids is 1. The zero-order chi connectivity index (χ0) is 17.3. The van der Waals surface area contributed by atoms with Crippen LogP contribution < -0.4 is 0 Å². The highest BCUT2D eigenvalue weighted by Crippen LogP contribution is 2.52. The van der Waals surface area contributed by atoms with Gasteiger partial charge in [0.05, 0.1) is 5.92 Å². The molecule has 2 heterocycles. The Bertz CT molecular complexity index is 603. The van der Waals surface area contributed by atoms with Crippen molar-refractivity contribution in [2.24, 2.45) is 5.92 Å². The predicted octanol–water partition coefficient (Wildman–Crippen LogP) is 4.86. The Hall–Kier alpha value is -1.06. The number of benzene rings is 1. The summed E-state index contributed by atoms with van der Waals surface area (Å²) in [7, 11) is 0. The zero-order valence-corrected chi connectivity index (χ0v) is 16.7. The van der Waals surface area contributed by atoms with Crippen LogP contribution in [0.5, 0.6) is 0 Å². The van der Waals surface area contributed by atoms with E-state index in [-0.39, 0.29) is 35.8 Å². The molecule has 1 aromatic rings. The van der Waals surface area contributed by atoms with Crippen molar-refractivity contribution in [3.8, 4) is 0 Å². The van der Waals surface area contributed by atoms with Gasteiger partial charge in [0.2, 0.25) is 0 Å². The summed E-state index contributed by atoms with van der Waals surface area (Å²) in [6.45, 7) is 5.27. The van der Waals surface area contributed by atoms with Crippen LogP contribution in [0.3, 0.4) is 0 Å². The van der Waals surface area contributed by atoms with Crippen molar-refractivity contribution in [2.75, 3.05) is 19.6 Å². The number of aryl methyl sites for hydroxylation is 1. The molecule has 1 aliphatic carbocycles. The summed E-state index contributed by atoms with van der Waals surface area (Å²) in [5.41, 5.74) is 2.34. The Kier molecular flexibility index (Phi) is 6.29. The van der Waals surface area contributed by atoms with Crippen LogP contribution >= 0.6 is 12.4 Å². The molecule has 1 saturated carbocycles. The molecular weight excluding hydrogens is 346 g/mol. The normalized spacial score (nSPS) is 28.6. The largest absolute Gasteiger partial charge is 0.458 e. The van der Waals surface area contributed by atoms with Gasteiger partial charge < -0.3 is 9.64 Å². The van der Waals surface area contributed by atoms with Crippen LogP contribution in [0.2, 0.25) is 0 Å². The first-order valence-corrected chi connectivity index (χ1v) is 10.2. The lowest BCUT2D eigenvalue weighted by atomic mass is 9.69. The highest BCUT2D eigenvalue weighted by molar-refractivity contribution is 5.85. The Labute approximate surface area is 163 Å². The molecule has 2 aliphatic heterocycles. The van der Waals surface area contributed by atoms with Gasteiger partial charge in [-0.3, -0.25) is 4.79 Å². The smallest absolute Gasteiger partial charge is 0.311 e. The summed E-state index contributed by atoms with van der Waals surface area (Å²) in [5, 5.41) is 0. The summed E-state index contributed by atoms with van der Waals surface area (Å²) >= 11 is 0. The number of hydrogen-bond donors (Lipinski definition) is 0. The molecule has 3 fully saturated rings. The van der Waals surface area contributed by atoms with Crippen molar-refractivity contribution in [1.82, 2.24) is 4.90 Å². The average Bonchev–Trinajstić information content (AvgIpc) is 2.88. The van der Waals surface area contributed by atoms with Crippen molar-refractivity contribution in [2.45, 2.75) is 69.8 Å². The van der Waals surface area contributed by atoms with E-state index in [1.54, 1.807) is 0 Å². The minimum absolute atomic E-state index is 0. The summed E-state index contributed by atoms with van der Waals surface area (Å²) in [6, 6.07) is 8.85. The molecular formula is C22H32ClNO2. The Morgan fingerprint density at radius 3 is 2.27 bits per heavy atom. The average molecular weight is 378 g/mol. The molecule has 4 rings (SSSR count). The third-order valence-corrected chi connectivity index (χ3v) is 6.62. The maximum absolute atomic E-state index is 12.9. The van der Waals surface area contributed by atoms with Crippen LogP contribution in [-0.2, 0) is 9.53 Å². The highest BCUT2D eigenvalue weighted by atomic mass is 35.5. The quantitative estimate of drug-likeness (QED) is 0.704. The number of nitrogens with zero attached hydrogens (tertiary/aromatic N) is 1. The molecule has 0 radical (unpaired) electrons. The number of hydrogen-bond acceptors (Lipinski definition) is 3. The van der Waals surface area contributed by atoms with E-state index in [2.05, 4.69) is 36.1 Å². The van der Waals surface area contributed by atoms with E-state index in [4.69, 9.17) is 4.74 Å². The lowest BCUT2D eigenvalue weighted by Crippen LogP contribution is -2.41. The van der Waals surface area contributed by atoms with Gasteiger partial charge in [-0.25, -0.2) is 0 Å². The molecule has 2 unspecified atom stereocenters. The predicted molar refractivity (Wildman–Crippen MR) is 107 cm³/mol. The number of esters is 1. The van der Waals surface area contributed by atoms with Crippen molar-refractivity contribution >= 4 is 18.4 Å². The molecule has 2 saturated heterocycles. The molecule has 1 spiro atoms. The van der Waals surface area contributed by atoms with Crippen LogP contribution in [0.1, 0.15) is 68.4 Å². The minimum atomic E-state index is -0.245. The Balaban J connectivity index is 0.00000196. The van der Waals surface area contributed by atoms with E-state index >= 15 is 0 Å². The summed E-state index contributed by atoms with van der Waals surface area (Å²) in [5.74, 6) is 0.278. The Morgan fingerprint density at radius 1 is 1.00 bits per heavy atom. The second-order valence-electron chi connectivity index (χ2n) is 8.40. The third-order valence-electron chi connectivity index (χ3n) is 6.62. The molecule has 0 bridgehead atoms. The van der Waals surface area contributed by atoms with Crippen LogP contribution in [-0.4, -0.2) is 36.1 Å².